The number of rotatable bonds is 3. The van der Waals surface area contributed by atoms with Crippen molar-refractivity contribution in [2.24, 2.45) is 5.41 Å². The number of benzene rings is 1. The molecule has 1 aromatic rings. The van der Waals surface area contributed by atoms with Crippen LogP contribution in [0.3, 0.4) is 0 Å². The molecule has 8 nitrogen and oxygen atoms in total. The first-order valence-corrected chi connectivity index (χ1v) is 9.57. The lowest BCUT2D eigenvalue weighted by Gasteiger charge is -2.33. The summed E-state index contributed by atoms with van der Waals surface area (Å²) in [6.07, 6.45) is 0.310. The molecule has 4 amide bonds. The van der Waals surface area contributed by atoms with Crippen molar-refractivity contribution in [1.29, 1.82) is 0 Å². The third kappa shape index (κ3) is 4.37. The van der Waals surface area contributed by atoms with Crippen LogP contribution in [-0.4, -0.2) is 73.5 Å². The number of urea groups is 1. The van der Waals surface area contributed by atoms with Gasteiger partial charge in [-0.25, -0.2) is 4.79 Å². The minimum Gasteiger partial charge on any atom is -0.497 e. The van der Waals surface area contributed by atoms with Crippen molar-refractivity contribution in [2.45, 2.75) is 26.3 Å². The van der Waals surface area contributed by atoms with Crippen molar-refractivity contribution in [3.8, 4) is 5.75 Å². The van der Waals surface area contributed by atoms with Crippen molar-refractivity contribution in [2.75, 3.05) is 39.8 Å². The minimum atomic E-state index is -0.468. The molecule has 1 atom stereocenters. The Morgan fingerprint density at radius 3 is 2.36 bits per heavy atom. The van der Waals surface area contributed by atoms with Crippen LogP contribution in [0.1, 0.15) is 30.6 Å². The second kappa shape index (κ2) is 8.08. The van der Waals surface area contributed by atoms with E-state index in [1.54, 1.807) is 41.2 Å². The molecule has 0 bridgehead atoms. The molecule has 2 aliphatic rings. The predicted molar refractivity (Wildman–Crippen MR) is 104 cm³/mol. The highest BCUT2D eigenvalue weighted by Crippen LogP contribution is 2.31. The van der Waals surface area contributed by atoms with E-state index >= 15 is 0 Å². The first-order chi connectivity index (χ1) is 13.3. The average molecular weight is 388 g/mol. The number of ether oxygens (including phenoxy) is 1. The quantitative estimate of drug-likeness (QED) is 0.811. The summed E-state index contributed by atoms with van der Waals surface area (Å²) in [5.41, 5.74) is 0.0950. The summed E-state index contributed by atoms with van der Waals surface area (Å²) in [6, 6.07) is 6.84. The summed E-state index contributed by atoms with van der Waals surface area (Å²) in [4.78, 5) is 41.1. The molecule has 1 aromatic carbocycles. The molecule has 2 heterocycles. The topological polar surface area (TPSA) is 91.0 Å². The van der Waals surface area contributed by atoms with Crippen molar-refractivity contribution < 1.29 is 19.1 Å². The smallest absolute Gasteiger partial charge is 0.317 e. The van der Waals surface area contributed by atoms with Gasteiger partial charge in [0, 0.05) is 56.2 Å². The number of hydrogen-bond donors (Lipinski definition) is 2. The second-order valence-corrected chi connectivity index (χ2v) is 7.93. The monoisotopic (exact) mass is 388 g/mol. The molecular formula is C20H28N4O4. The number of carbonyl (C=O) groups excluding carboxylic acids is 3. The van der Waals surface area contributed by atoms with Crippen molar-refractivity contribution >= 4 is 17.8 Å². The van der Waals surface area contributed by atoms with Gasteiger partial charge in [-0.05, 0) is 38.1 Å². The Balaban J connectivity index is 1.81. The maximum atomic E-state index is 13.1. The van der Waals surface area contributed by atoms with Crippen LogP contribution in [0.2, 0.25) is 0 Å². The number of amides is 4. The minimum absolute atomic E-state index is 0.0204. The van der Waals surface area contributed by atoms with Gasteiger partial charge in [-0.3, -0.25) is 9.59 Å². The molecule has 28 heavy (non-hydrogen) atoms. The number of nitrogens with one attached hydrogen (secondary N) is 2. The van der Waals surface area contributed by atoms with Gasteiger partial charge in [-0.1, -0.05) is 0 Å². The number of hydrogen-bond acceptors (Lipinski definition) is 4. The number of nitrogens with zero attached hydrogens (tertiary/aromatic N) is 2. The van der Waals surface area contributed by atoms with Crippen LogP contribution in [0, 0.1) is 5.41 Å². The Bertz CT molecular complexity index is 749. The van der Waals surface area contributed by atoms with Gasteiger partial charge < -0.3 is 25.2 Å². The number of carbonyl (C=O) groups is 3. The Labute approximate surface area is 165 Å². The zero-order valence-corrected chi connectivity index (χ0v) is 16.7. The molecule has 2 fully saturated rings. The van der Waals surface area contributed by atoms with Gasteiger partial charge in [0.25, 0.3) is 5.91 Å². The molecule has 0 aromatic heterocycles. The highest BCUT2D eigenvalue weighted by atomic mass is 16.5. The summed E-state index contributed by atoms with van der Waals surface area (Å²) in [5, 5.41) is 5.78. The van der Waals surface area contributed by atoms with E-state index in [0.29, 0.717) is 50.5 Å². The summed E-state index contributed by atoms with van der Waals surface area (Å²) < 4.78 is 5.15. The van der Waals surface area contributed by atoms with Gasteiger partial charge in [0.05, 0.1) is 7.11 Å². The Kier molecular flexibility index (Phi) is 5.76. The maximum Gasteiger partial charge on any atom is 0.317 e. The predicted octanol–water partition coefficient (Wildman–Crippen LogP) is 1.08. The molecule has 2 N–H and O–H groups in total. The van der Waals surface area contributed by atoms with Crippen LogP contribution in [-0.2, 0) is 4.79 Å². The normalized spacial score (nSPS) is 22.2. The lowest BCUT2D eigenvalue weighted by molar-refractivity contribution is -0.119. The van der Waals surface area contributed by atoms with Gasteiger partial charge in [0.2, 0.25) is 5.91 Å². The lowest BCUT2D eigenvalue weighted by atomic mass is 9.86. The zero-order chi connectivity index (χ0) is 20.3. The van der Waals surface area contributed by atoms with Gasteiger partial charge in [0.1, 0.15) is 5.75 Å². The van der Waals surface area contributed by atoms with Crippen molar-refractivity contribution in [3.63, 3.8) is 0 Å². The molecule has 0 saturated carbocycles. The van der Waals surface area contributed by atoms with Crippen LogP contribution >= 0.6 is 0 Å². The standard InChI is InChI=1S/C20H28N4O4/c1-14(2)22-19(27)24-9-8-23(12-20(13-24)10-17(25)21-11-20)18(26)15-4-6-16(28-3)7-5-15/h4-7,14H,8-13H2,1-3H3,(H,21,25)(H,22,27). The van der Waals surface area contributed by atoms with Gasteiger partial charge in [-0.2, -0.15) is 0 Å². The van der Waals surface area contributed by atoms with E-state index in [4.69, 9.17) is 4.74 Å². The Morgan fingerprint density at radius 2 is 1.79 bits per heavy atom. The SMILES string of the molecule is COc1ccc(C(=O)N2CCN(C(=O)NC(C)C)CC3(CNC(=O)C3)C2)cc1. The zero-order valence-electron chi connectivity index (χ0n) is 16.7. The van der Waals surface area contributed by atoms with Crippen LogP contribution in [0.4, 0.5) is 4.79 Å². The van der Waals surface area contributed by atoms with E-state index in [2.05, 4.69) is 10.6 Å². The van der Waals surface area contributed by atoms with E-state index < -0.39 is 5.41 Å². The molecule has 1 spiro atoms. The first-order valence-electron chi connectivity index (χ1n) is 9.57. The molecular weight excluding hydrogens is 360 g/mol. The highest BCUT2D eigenvalue weighted by molar-refractivity contribution is 5.94. The van der Waals surface area contributed by atoms with Crippen LogP contribution < -0.4 is 15.4 Å². The Hall–Kier alpha value is -2.77. The third-order valence-electron chi connectivity index (χ3n) is 5.21. The Morgan fingerprint density at radius 1 is 1.14 bits per heavy atom. The molecule has 2 aliphatic heterocycles. The molecule has 152 valence electrons. The van der Waals surface area contributed by atoms with Crippen LogP contribution in [0.25, 0.3) is 0 Å². The van der Waals surface area contributed by atoms with Gasteiger partial charge >= 0.3 is 6.03 Å². The second-order valence-electron chi connectivity index (χ2n) is 7.93. The van der Waals surface area contributed by atoms with Gasteiger partial charge in [-0.15, -0.1) is 0 Å². The molecule has 8 heteroatoms. The highest BCUT2D eigenvalue weighted by Gasteiger charge is 2.45. The van der Waals surface area contributed by atoms with Crippen molar-refractivity contribution in [3.05, 3.63) is 29.8 Å². The summed E-state index contributed by atoms with van der Waals surface area (Å²) in [5.74, 6) is 0.543. The van der Waals surface area contributed by atoms with Crippen LogP contribution in [0.5, 0.6) is 5.75 Å². The largest absolute Gasteiger partial charge is 0.497 e. The summed E-state index contributed by atoms with van der Waals surface area (Å²) >= 11 is 0. The number of methoxy groups -OCH3 is 1. The third-order valence-corrected chi connectivity index (χ3v) is 5.21. The lowest BCUT2D eigenvalue weighted by Crippen LogP contribution is -2.48. The summed E-state index contributed by atoms with van der Waals surface area (Å²) in [6.45, 7) is 6.00. The molecule has 3 rings (SSSR count). The van der Waals surface area contributed by atoms with E-state index in [1.165, 1.54) is 0 Å². The fourth-order valence-electron chi connectivity index (χ4n) is 3.84. The van der Waals surface area contributed by atoms with Gasteiger partial charge in [0.15, 0.2) is 0 Å². The van der Waals surface area contributed by atoms with E-state index in [0.717, 1.165) is 0 Å². The maximum absolute atomic E-state index is 13.1. The average Bonchev–Trinajstić information content (AvgIpc) is 2.91. The molecule has 2 saturated heterocycles. The van der Waals surface area contributed by atoms with Crippen LogP contribution in [0.15, 0.2) is 24.3 Å². The molecule has 0 aliphatic carbocycles. The fraction of sp³-hybridized carbons (Fsp3) is 0.550. The molecule has 1 unspecified atom stereocenters. The fourth-order valence-corrected chi connectivity index (χ4v) is 3.84. The van der Waals surface area contributed by atoms with E-state index in [-0.39, 0.29) is 23.9 Å². The molecule has 0 radical (unpaired) electrons. The van der Waals surface area contributed by atoms with E-state index in [1.807, 2.05) is 13.8 Å². The summed E-state index contributed by atoms with van der Waals surface area (Å²) in [7, 11) is 1.58. The first kappa shape index (κ1) is 20.0. The van der Waals surface area contributed by atoms with Crippen molar-refractivity contribution in [1.82, 2.24) is 20.4 Å². The van der Waals surface area contributed by atoms with E-state index in [9.17, 15) is 14.4 Å².